The van der Waals surface area contributed by atoms with Gasteiger partial charge in [-0.2, -0.15) is 0 Å². The van der Waals surface area contributed by atoms with Gasteiger partial charge in [-0.3, -0.25) is 19.7 Å². The van der Waals surface area contributed by atoms with Crippen molar-refractivity contribution in [1.82, 2.24) is 34.6 Å². The van der Waals surface area contributed by atoms with Crippen LogP contribution in [0.25, 0.3) is 0 Å². The van der Waals surface area contributed by atoms with E-state index in [1.54, 1.807) is 24.0 Å². The van der Waals surface area contributed by atoms with Gasteiger partial charge >= 0.3 is 6.09 Å². The van der Waals surface area contributed by atoms with Gasteiger partial charge in [0.25, 0.3) is 17.7 Å². The Balaban J connectivity index is 1.07. The molecule has 244 valence electrons. The zero-order chi connectivity index (χ0) is 33.4. The minimum Gasteiger partial charge on any atom is -0.465 e. The third-order valence-electron chi connectivity index (χ3n) is 8.74. The van der Waals surface area contributed by atoms with Crippen molar-refractivity contribution in [3.63, 3.8) is 0 Å². The second-order valence-corrected chi connectivity index (χ2v) is 12.6. The van der Waals surface area contributed by atoms with Crippen molar-refractivity contribution < 1.29 is 28.7 Å². The second-order valence-electron chi connectivity index (χ2n) is 11.7. The molecule has 4 aromatic rings. The number of rotatable bonds is 6. The Hall–Kier alpha value is -5.62. The van der Waals surface area contributed by atoms with Crippen LogP contribution in [-0.4, -0.2) is 77.4 Å². The summed E-state index contributed by atoms with van der Waals surface area (Å²) >= 11 is 1.25. The number of carboxylic acid groups (broad SMARTS) is 1. The van der Waals surface area contributed by atoms with Crippen LogP contribution in [0.5, 0.6) is 0 Å². The van der Waals surface area contributed by atoms with E-state index in [0.717, 1.165) is 18.7 Å². The number of carbonyl (C=O) groups excluding carboxylic acids is 3. The molecule has 0 aliphatic carbocycles. The van der Waals surface area contributed by atoms with Gasteiger partial charge < -0.3 is 24.8 Å². The van der Waals surface area contributed by atoms with E-state index in [4.69, 9.17) is 5.11 Å². The van der Waals surface area contributed by atoms with Crippen LogP contribution in [0, 0.1) is 17.7 Å². The van der Waals surface area contributed by atoms with Crippen LogP contribution in [0.15, 0.2) is 48.4 Å². The molecule has 0 saturated carbocycles. The van der Waals surface area contributed by atoms with Gasteiger partial charge in [0.2, 0.25) is 0 Å². The SMILES string of the molecule is O=C(NC1CCN(C(=O)O)CC1)c1ccc(C#Cc2cc(F)c3c(c2)C(=O)N(C(C(=O)Nc2nccs2)c2ncn4c2CCC4)C3)cn1. The van der Waals surface area contributed by atoms with Crippen LogP contribution in [0.2, 0.25) is 0 Å². The summed E-state index contributed by atoms with van der Waals surface area (Å²) in [6, 6.07) is 4.69. The maximum atomic E-state index is 15.5. The maximum absolute atomic E-state index is 15.5. The average Bonchev–Trinajstić information content (AvgIpc) is 3.89. The minimum atomic E-state index is -1.09. The van der Waals surface area contributed by atoms with Gasteiger partial charge in [0.15, 0.2) is 11.2 Å². The number of halogens is 1. The number of hydrogen-bond acceptors (Lipinski definition) is 8. The number of carbonyl (C=O) groups is 4. The third kappa shape index (κ3) is 6.09. The molecule has 1 unspecified atom stereocenters. The maximum Gasteiger partial charge on any atom is 0.407 e. The van der Waals surface area contributed by atoms with Crippen molar-refractivity contribution in [3.8, 4) is 11.8 Å². The highest BCUT2D eigenvalue weighted by Crippen LogP contribution is 2.36. The summed E-state index contributed by atoms with van der Waals surface area (Å²) in [6.45, 7) is 1.37. The highest BCUT2D eigenvalue weighted by Gasteiger charge is 2.42. The molecule has 3 aromatic heterocycles. The fraction of sp³-hybridized carbons (Fsp3) is 0.303. The molecule has 0 radical (unpaired) electrons. The van der Waals surface area contributed by atoms with Gasteiger partial charge in [0.1, 0.15) is 11.5 Å². The Morgan fingerprint density at radius 3 is 2.60 bits per heavy atom. The lowest BCUT2D eigenvalue weighted by molar-refractivity contribution is -0.121. The molecule has 0 bridgehead atoms. The van der Waals surface area contributed by atoms with Gasteiger partial charge in [0, 0.05) is 71.4 Å². The molecule has 15 heteroatoms. The van der Waals surface area contributed by atoms with Crippen LogP contribution in [0.1, 0.15) is 74.2 Å². The van der Waals surface area contributed by atoms with Crippen molar-refractivity contribution in [1.29, 1.82) is 0 Å². The molecule has 13 nitrogen and oxygen atoms in total. The van der Waals surface area contributed by atoms with Crippen LogP contribution in [0.4, 0.5) is 14.3 Å². The Bertz CT molecular complexity index is 1980. The van der Waals surface area contributed by atoms with E-state index in [9.17, 15) is 19.2 Å². The van der Waals surface area contributed by atoms with E-state index in [1.807, 2.05) is 4.57 Å². The lowest BCUT2D eigenvalue weighted by Gasteiger charge is -2.30. The Labute approximate surface area is 277 Å². The molecule has 48 heavy (non-hydrogen) atoms. The molecular formula is C33H29FN8O5S. The van der Waals surface area contributed by atoms with Crippen molar-refractivity contribution in [2.75, 3.05) is 18.4 Å². The zero-order valence-corrected chi connectivity index (χ0v) is 26.3. The number of likely N-dealkylation sites (tertiary alicyclic amines) is 1. The Kier molecular flexibility index (Phi) is 8.32. The molecule has 4 amide bonds. The molecule has 6 heterocycles. The number of piperidine rings is 1. The number of nitrogens with zero attached hydrogens (tertiary/aromatic N) is 6. The van der Waals surface area contributed by atoms with Crippen LogP contribution >= 0.6 is 11.3 Å². The topological polar surface area (TPSA) is 163 Å². The number of imidazole rings is 1. The standard InChI is InChI=1S/C33H29FN8O5S/c34-24-15-20(4-3-19-5-6-25(36-16-19)29(43)38-21-7-11-40(12-8-21)33(46)47)14-22-23(24)17-42(31(22)45)28(30(44)39-32-35-9-13-48-32)27-26-2-1-10-41(26)18-37-27/h5-6,9,13-16,18,21,28H,1-2,7-8,10-12,17H2,(H,38,43)(H,46,47)(H,35,39,44). The Morgan fingerprint density at radius 2 is 1.88 bits per heavy atom. The van der Waals surface area contributed by atoms with E-state index >= 15 is 4.39 Å². The summed E-state index contributed by atoms with van der Waals surface area (Å²) in [4.78, 5) is 66.8. The van der Waals surface area contributed by atoms with Crippen molar-refractivity contribution in [3.05, 3.63) is 93.5 Å². The van der Waals surface area contributed by atoms with Gasteiger partial charge in [-0.25, -0.2) is 24.1 Å². The van der Waals surface area contributed by atoms with E-state index < -0.39 is 29.8 Å². The number of hydrogen-bond donors (Lipinski definition) is 3. The van der Waals surface area contributed by atoms with Crippen LogP contribution in [-0.2, 0) is 24.3 Å². The largest absolute Gasteiger partial charge is 0.465 e. The van der Waals surface area contributed by atoms with Gasteiger partial charge in [0.05, 0.1) is 18.6 Å². The van der Waals surface area contributed by atoms with Gasteiger partial charge in [-0.05, 0) is 49.9 Å². The lowest BCUT2D eigenvalue weighted by atomic mass is 10.0. The number of fused-ring (bicyclic) bond motifs is 2. The van der Waals surface area contributed by atoms with E-state index in [2.05, 4.69) is 37.4 Å². The molecule has 3 N–H and O–H groups in total. The molecular weight excluding hydrogens is 639 g/mol. The number of pyridine rings is 1. The second kappa shape index (κ2) is 12.9. The first kappa shape index (κ1) is 31.0. The van der Waals surface area contributed by atoms with Crippen LogP contribution < -0.4 is 10.6 Å². The predicted molar refractivity (Wildman–Crippen MR) is 171 cm³/mol. The minimum absolute atomic E-state index is 0.109. The summed E-state index contributed by atoms with van der Waals surface area (Å²) in [5.41, 5.74) is 2.58. The smallest absolute Gasteiger partial charge is 0.407 e. The number of aromatic nitrogens is 4. The van der Waals surface area contributed by atoms with Crippen molar-refractivity contribution >= 4 is 40.3 Å². The lowest BCUT2D eigenvalue weighted by Crippen LogP contribution is -2.46. The van der Waals surface area contributed by atoms with Crippen LogP contribution in [0.3, 0.4) is 0 Å². The van der Waals surface area contributed by atoms with E-state index in [-0.39, 0.29) is 40.9 Å². The normalized spacial score (nSPS) is 16.1. The average molecular weight is 669 g/mol. The molecule has 1 aromatic carbocycles. The number of nitrogens with one attached hydrogen (secondary N) is 2. The van der Waals surface area contributed by atoms with Crippen molar-refractivity contribution in [2.24, 2.45) is 0 Å². The summed E-state index contributed by atoms with van der Waals surface area (Å²) in [7, 11) is 0. The number of benzene rings is 1. The molecule has 3 aliphatic heterocycles. The molecule has 7 rings (SSSR count). The molecule has 1 saturated heterocycles. The fourth-order valence-electron chi connectivity index (χ4n) is 6.29. The van der Waals surface area contributed by atoms with E-state index in [0.29, 0.717) is 48.7 Å². The number of amides is 4. The summed E-state index contributed by atoms with van der Waals surface area (Å²) in [5.74, 6) is 3.83. The highest BCUT2D eigenvalue weighted by molar-refractivity contribution is 7.13. The number of thiazole rings is 1. The molecule has 3 aliphatic rings. The van der Waals surface area contributed by atoms with Gasteiger partial charge in [-0.15, -0.1) is 11.3 Å². The highest BCUT2D eigenvalue weighted by atomic mass is 32.1. The van der Waals surface area contributed by atoms with E-state index in [1.165, 1.54) is 45.5 Å². The molecule has 1 atom stereocenters. The number of anilines is 1. The first-order valence-electron chi connectivity index (χ1n) is 15.4. The summed E-state index contributed by atoms with van der Waals surface area (Å²) in [6.07, 6.45) is 6.35. The van der Waals surface area contributed by atoms with Gasteiger partial charge in [-0.1, -0.05) is 11.8 Å². The fourth-order valence-corrected chi connectivity index (χ4v) is 6.82. The summed E-state index contributed by atoms with van der Waals surface area (Å²) < 4.78 is 17.5. The predicted octanol–water partition coefficient (Wildman–Crippen LogP) is 3.43. The first-order chi connectivity index (χ1) is 23.2. The number of aryl methyl sites for hydroxylation is 1. The molecule has 1 fully saturated rings. The summed E-state index contributed by atoms with van der Waals surface area (Å²) in [5, 5.41) is 16.9. The first-order valence-corrected chi connectivity index (χ1v) is 16.3. The third-order valence-corrected chi connectivity index (χ3v) is 9.42. The zero-order valence-electron chi connectivity index (χ0n) is 25.5. The van der Waals surface area contributed by atoms with Crippen molar-refractivity contribution in [2.45, 2.75) is 50.9 Å². The monoisotopic (exact) mass is 668 g/mol. The quantitative estimate of drug-likeness (QED) is 0.263. The molecule has 0 spiro atoms. The Morgan fingerprint density at radius 1 is 1.06 bits per heavy atom.